The van der Waals surface area contributed by atoms with Gasteiger partial charge in [0.25, 0.3) is 0 Å². The molecule has 0 aromatic rings. The maximum atomic E-state index is 10.1. The van der Waals surface area contributed by atoms with Gasteiger partial charge in [-0.3, -0.25) is 4.90 Å². The summed E-state index contributed by atoms with van der Waals surface area (Å²) >= 11 is 0. The summed E-state index contributed by atoms with van der Waals surface area (Å²) in [7, 11) is 2.12. The summed E-state index contributed by atoms with van der Waals surface area (Å²) in [5.74, 6) is 0.851. The van der Waals surface area contributed by atoms with E-state index in [9.17, 15) is 5.11 Å². The Balaban J connectivity index is 1.63. The lowest BCUT2D eigenvalue weighted by Gasteiger charge is -2.30. The first-order chi connectivity index (χ1) is 8.27. The van der Waals surface area contributed by atoms with E-state index in [0.717, 1.165) is 38.5 Å². The number of likely N-dealkylation sites (N-methyl/N-ethyl adjacent to an activating group) is 1. The molecular formula is C14H27NO2. The molecule has 0 spiro atoms. The van der Waals surface area contributed by atoms with Gasteiger partial charge in [0.05, 0.1) is 12.7 Å². The largest absolute Gasteiger partial charge is 0.391 e. The first-order valence-electron chi connectivity index (χ1n) is 7.23. The normalized spacial score (nSPS) is 30.5. The van der Waals surface area contributed by atoms with Crippen molar-refractivity contribution >= 4 is 0 Å². The van der Waals surface area contributed by atoms with Crippen molar-refractivity contribution in [1.29, 1.82) is 0 Å². The van der Waals surface area contributed by atoms with Gasteiger partial charge in [0.1, 0.15) is 0 Å². The minimum absolute atomic E-state index is 0.133. The lowest BCUT2D eigenvalue weighted by atomic mass is 10.1. The smallest absolute Gasteiger partial charge is 0.0695 e. The molecule has 0 radical (unpaired) electrons. The molecule has 0 saturated heterocycles. The highest BCUT2D eigenvalue weighted by Gasteiger charge is 2.25. The Labute approximate surface area is 105 Å². The molecule has 3 heteroatoms. The molecule has 0 aliphatic heterocycles. The highest BCUT2D eigenvalue weighted by Crippen LogP contribution is 2.28. The molecular weight excluding hydrogens is 214 g/mol. The zero-order chi connectivity index (χ0) is 12.1. The van der Waals surface area contributed by atoms with Crippen LogP contribution in [0.1, 0.15) is 44.9 Å². The highest BCUT2D eigenvalue weighted by molar-refractivity contribution is 4.80. The van der Waals surface area contributed by atoms with Gasteiger partial charge in [-0.25, -0.2) is 0 Å². The molecule has 2 aliphatic rings. The third kappa shape index (κ3) is 4.57. The van der Waals surface area contributed by atoms with E-state index in [-0.39, 0.29) is 6.10 Å². The fraction of sp³-hybridized carbons (Fsp3) is 1.00. The summed E-state index contributed by atoms with van der Waals surface area (Å²) in [6.07, 6.45) is 8.41. The summed E-state index contributed by atoms with van der Waals surface area (Å²) < 4.78 is 5.66. The molecule has 2 fully saturated rings. The van der Waals surface area contributed by atoms with Crippen LogP contribution in [0.3, 0.4) is 0 Å². The zero-order valence-corrected chi connectivity index (χ0v) is 11.1. The maximum Gasteiger partial charge on any atom is 0.0695 e. The van der Waals surface area contributed by atoms with Crippen molar-refractivity contribution in [2.45, 2.75) is 57.1 Å². The Morgan fingerprint density at radius 2 is 1.88 bits per heavy atom. The van der Waals surface area contributed by atoms with Gasteiger partial charge in [-0.15, -0.1) is 0 Å². The summed E-state index contributed by atoms with van der Waals surface area (Å²) in [6.45, 7) is 2.71. The number of hydrogen-bond acceptors (Lipinski definition) is 3. The van der Waals surface area contributed by atoms with Crippen molar-refractivity contribution in [2.75, 3.05) is 26.8 Å². The minimum atomic E-state index is -0.133. The van der Waals surface area contributed by atoms with E-state index in [0.29, 0.717) is 6.04 Å². The topological polar surface area (TPSA) is 32.7 Å². The van der Waals surface area contributed by atoms with Crippen LogP contribution in [0.25, 0.3) is 0 Å². The molecule has 2 unspecified atom stereocenters. The number of aliphatic hydroxyl groups is 1. The first-order valence-corrected chi connectivity index (χ1v) is 7.23. The van der Waals surface area contributed by atoms with Crippen LogP contribution in [-0.2, 0) is 4.74 Å². The third-order valence-corrected chi connectivity index (χ3v) is 4.15. The lowest BCUT2D eigenvalue weighted by molar-refractivity contribution is 0.0348. The monoisotopic (exact) mass is 241 g/mol. The van der Waals surface area contributed by atoms with Crippen LogP contribution in [0.2, 0.25) is 0 Å². The van der Waals surface area contributed by atoms with Gasteiger partial charge < -0.3 is 9.84 Å². The molecule has 0 aromatic carbocycles. The average molecular weight is 241 g/mol. The molecule has 100 valence electrons. The van der Waals surface area contributed by atoms with Crippen LogP contribution in [0, 0.1) is 5.92 Å². The molecule has 2 rings (SSSR count). The van der Waals surface area contributed by atoms with Gasteiger partial charge in [0.15, 0.2) is 0 Å². The fourth-order valence-corrected chi connectivity index (χ4v) is 2.69. The van der Waals surface area contributed by atoms with Crippen molar-refractivity contribution < 1.29 is 9.84 Å². The van der Waals surface area contributed by atoms with Crippen LogP contribution in [0.5, 0.6) is 0 Å². The molecule has 0 amide bonds. The van der Waals surface area contributed by atoms with E-state index >= 15 is 0 Å². The molecule has 2 atom stereocenters. The molecule has 1 N–H and O–H groups in total. The van der Waals surface area contributed by atoms with Gasteiger partial charge in [0, 0.05) is 19.2 Å². The Bertz CT molecular complexity index is 218. The Morgan fingerprint density at radius 3 is 2.65 bits per heavy atom. The Hall–Kier alpha value is -0.120. The van der Waals surface area contributed by atoms with Crippen LogP contribution in [0.15, 0.2) is 0 Å². The molecule has 3 nitrogen and oxygen atoms in total. The predicted octanol–water partition coefficient (Wildman–Crippen LogP) is 2.04. The molecule has 0 heterocycles. The standard InChI is InChI=1S/C14H27NO2/c1-15(9-10-17-11-12-7-8-12)13-5-3-2-4-6-14(13)16/h12-14,16H,2-11H2,1H3. The second kappa shape index (κ2) is 6.72. The van der Waals surface area contributed by atoms with E-state index in [1.165, 1.54) is 32.1 Å². The average Bonchev–Trinajstić information content (AvgIpc) is 3.12. The van der Waals surface area contributed by atoms with Gasteiger partial charge in [-0.05, 0) is 38.6 Å². The van der Waals surface area contributed by atoms with Crippen LogP contribution < -0.4 is 0 Å². The van der Waals surface area contributed by atoms with Gasteiger partial charge in [-0.2, -0.15) is 0 Å². The van der Waals surface area contributed by atoms with E-state index in [1.807, 2.05) is 0 Å². The van der Waals surface area contributed by atoms with Gasteiger partial charge in [-0.1, -0.05) is 19.3 Å². The number of aliphatic hydroxyl groups excluding tert-OH is 1. The van der Waals surface area contributed by atoms with Crippen molar-refractivity contribution in [2.24, 2.45) is 5.92 Å². The molecule has 17 heavy (non-hydrogen) atoms. The number of nitrogens with zero attached hydrogens (tertiary/aromatic N) is 1. The second-order valence-corrected chi connectivity index (χ2v) is 5.77. The number of ether oxygens (including phenoxy) is 1. The van der Waals surface area contributed by atoms with Crippen molar-refractivity contribution in [3.05, 3.63) is 0 Å². The van der Waals surface area contributed by atoms with E-state index < -0.39 is 0 Å². The molecule has 0 bridgehead atoms. The molecule has 0 aromatic heterocycles. The highest BCUT2D eigenvalue weighted by atomic mass is 16.5. The van der Waals surface area contributed by atoms with E-state index in [1.54, 1.807) is 0 Å². The SMILES string of the molecule is CN(CCOCC1CC1)C1CCCCCC1O. The van der Waals surface area contributed by atoms with Crippen molar-refractivity contribution in [1.82, 2.24) is 4.90 Å². The third-order valence-electron chi connectivity index (χ3n) is 4.15. The molecule has 2 saturated carbocycles. The lowest BCUT2D eigenvalue weighted by Crippen LogP contribution is -2.42. The van der Waals surface area contributed by atoms with Crippen LogP contribution >= 0.6 is 0 Å². The second-order valence-electron chi connectivity index (χ2n) is 5.77. The van der Waals surface area contributed by atoms with Gasteiger partial charge in [0.2, 0.25) is 0 Å². The van der Waals surface area contributed by atoms with Crippen LogP contribution in [-0.4, -0.2) is 49.0 Å². The summed E-state index contributed by atoms with van der Waals surface area (Å²) in [6, 6.07) is 0.349. The molecule has 2 aliphatic carbocycles. The minimum Gasteiger partial charge on any atom is -0.391 e. The predicted molar refractivity (Wildman–Crippen MR) is 69.1 cm³/mol. The van der Waals surface area contributed by atoms with E-state index in [2.05, 4.69) is 11.9 Å². The summed E-state index contributed by atoms with van der Waals surface area (Å²) in [4.78, 5) is 2.29. The number of rotatable bonds is 6. The van der Waals surface area contributed by atoms with Crippen molar-refractivity contribution in [3.63, 3.8) is 0 Å². The van der Waals surface area contributed by atoms with Crippen molar-refractivity contribution in [3.8, 4) is 0 Å². The maximum absolute atomic E-state index is 10.1. The quantitative estimate of drug-likeness (QED) is 0.570. The Morgan fingerprint density at radius 1 is 1.12 bits per heavy atom. The van der Waals surface area contributed by atoms with Gasteiger partial charge >= 0.3 is 0 Å². The number of hydrogen-bond donors (Lipinski definition) is 1. The van der Waals surface area contributed by atoms with E-state index in [4.69, 9.17) is 4.74 Å². The summed E-state index contributed by atoms with van der Waals surface area (Å²) in [5, 5.41) is 10.1. The Kier molecular flexibility index (Phi) is 5.26. The zero-order valence-electron chi connectivity index (χ0n) is 11.1. The summed E-state index contributed by atoms with van der Waals surface area (Å²) in [5.41, 5.74) is 0. The first kappa shape index (κ1) is 13.3. The fourth-order valence-electron chi connectivity index (χ4n) is 2.69. The van der Waals surface area contributed by atoms with Crippen LogP contribution in [0.4, 0.5) is 0 Å².